The van der Waals surface area contributed by atoms with Crippen molar-refractivity contribution in [1.82, 2.24) is 19.4 Å². The molecule has 8 nitrogen and oxygen atoms in total. The van der Waals surface area contributed by atoms with Gasteiger partial charge in [-0.2, -0.15) is 13.2 Å². The topological polar surface area (TPSA) is 107 Å². The van der Waals surface area contributed by atoms with E-state index in [-0.39, 0.29) is 17.2 Å². The highest BCUT2D eigenvalue weighted by Crippen LogP contribution is 2.34. The van der Waals surface area contributed by atoms with Crippen LogP contribution in [0.2, 0.25) is 0 Å². The fraction of sp³-hybridized carbons (Fsp3) is 0.400. The van der Waals surface area contributed by atoms with E-state index in [1.54, 1.807) is 39.8 Å². The zero-order chi connectivity index (χ0) is 22.8. The summed E-state index contributed by atoms with van der Waals surface area (Å²) in [6, 6.07) is 3.17. The molecular weight excluding hydrogens is 413 g/mol. The van der Waals surface area contributed by atoms with Crippen LogP contribution in [0.15, 0.2) is 24.5 Å². The molecule has 11 heteroatoms. The first-order chi connectivity index (χ1) is 14.2. The minimum absolute atomic E-state index is 0.0446. The van der Waals surface area contributed by atoms with Gasteiger partial charge in [0.25, 0.3) is 0 Å². The summed E-state index contributed by atoms with van der Waals surface area (Å²) in [5.41, 5.74) is 3.94. The van der Waals surface area contributed by atoms with Gasteiger partial charge in [0.15, 0.2) is 5.69 Å². The van der Waals surface area contributed by atoms with E-state index in [2.05, 4.69) is 20.3 Å². The Morgan fingerprint density at radius 3 is 2.55 bits per heavy atom. The molecule has 0 saturated carbocycles. The number of hydrogen-bond acceptors (Lipinski definition) is 7. The Kier molecular flexibility index (Phi) is 4.51. The van der Waals surface area contributed by atoms with Crippen molar-refractivity contribution >= 4 is 23.1 Å². The Hall–Kier alpha value is -3.21. The number of pyridine rings is 1. The summed E-state index contributed by atoms with van der Waals surface area (Å²) in [6.07, 6.45) is -1.74. The highest BCUT2D eigenvalue weighted by Gasteiger charge is 2.39. The molecular formula is C20H21F3N6O2. The second kappa shape index (κ2) is 6.64. The molecule has 0 amide bonds. The van der Waals surface area contributed by atoms with Crippen LogP contribution in [-0.2, 0) is 22.9 Å². The van der Waals surface area contributed by atoms with Crippen LogP contribution in [0.3, 0.4) is 0 Å². The van der Waals surface area contributed by atoms with Crippen LogP contribution >= 0.6 is 0 Å². The van der Waals surface area contributed by atoms with Crippen molar-refractivity contribution in [2.24, 2.45) is 5.73 Å². The fourth-order valence-corrected chi connectivity index (χ4v) is 3.48. The minimum Gasteiger partial charge on any atom is -0.456 e. The van der Waals surface area contributed by atoms with E-state index in [9.17, 15) is 18.0 Å². The molecule has 0 radical (unpaired) electrons. The third-order valence-electron chi connectivity index (χ3n) is 4.78. The van der Waals surface area contributed by atoms with Crippen LogP contribution in [0.1, 0.15) is 55.3 Å². The van der Waals surface area contributed by atoms with Crippen molar-refractivity contribution in [2.45, 2.75) is 51.4 Å². The van der Waals surface area contributed by atoms with Crippen LogP contribution < -0.4 is 11.1 Å². The van der Waals surface area contributed by atoms with Gasteiger partial charge >= 0.3 is 12.1 Å². The van der Waals surface area contributed by atoms with Gasteiger partial charge in [0.2, 0.25) is 0 Å². The first-order valence-corrected chi connectivity index (χ1v) is 9.49. The van der Waals surface area contributed by atoms with Gasteiger partial charge < -0.3 is 15.8 Å². The number of esters is 1. The summed E-state index contributed by atoms with van der Waals surface area (Å²) >= 11 is 0. The first kappa shape index (κ1) is 21.0. The van der Waals surface area contributed by atoms with Gasteiger partial charge in [-0.1, -0.05) is 0 Å². The molecule has 0 unspecified atom stereocenters. The average Bonchev–Trinajstić information content (AvgIpc) is 2.99. The van der Waals surface area contributed by atoms with Gasteiger partial charge in [0, 0.05) is 6.42 Å². The van der Waals surface area contributed by atoms with Crippen LogP contribution in [0, 0.1) is 0 Å². The second-order valence-electron chi connectivity index (χ2n) is 8.67. The van der Waals surface area contributed by atoms with Crippen LogP contribution in [0.4, 0.5) is 24.8 Å². The highest BCUT2D eigenvalue weighted by atomic mass is 19.4. The smallest absolute Gasteiger partial charge is 0.435 e. The predicted molar refractivity (Wildman–Crippen MR) is 106 cm³/mol. The molecule has 0 bridgehead atoms. The number of nitrogens with two attached hydrogens (primary N) is 1. The molecule has 1 aliphatic rings. The molecule has 0 fully saturated rings. The third-order valence-corrected chi connectivity index (χ3v) is 4.78. The number of hydrogen-bond donors (Lipinski definition) is 2. The molecule has 164 valence electrons. The molecule has 1 aliphatic heterocycles. The predicted octanol–water partition coefficient (Wildman–Crippen LogP) is 3.57. The molecule has 0 aliphatic carbocycles. The number of cyclic esters (lactones) is 1. The second-order valence-corrected chi connectivity index (χ2v) is 8.67. The molecule has 3 aromatic heterocycles. The number of imidazole rings is 1. The molecule has 4 heterocycles. The summed E-state index contributed by atoms with van der Waals surface area (Å²) in [6.45, 7) is 6.72. The van der Waals surface area contributed by atoms with Gasteiger partial charge in [0.1, 0.15) is 23.1 Å². The molecule has 3 N–H and O–H groups in total. The van der Waals surface area contributed by atoms with Crippen molar-refractivity contribution in [3.05, 3.63) is 47.3 Å². The molecule has 0 atom stereocenters. The first-order valence-electron chi connectivity index (χ1n) is 9.49. The molecule has 4 rings (SSSR count). The van der Waals surface area contributed by atoms with Crippen LogP contribution in [-0.4, -0.2) is 30.9 Å². The van der Waals surface area contributed by atoms with E-state index < -0.39 is 29.0 Å². The number of nitrogens with one attached hydrogen (secondary N) is 1. The van der Waals surface area contributed by atoms with Crippen LogP contribution in [0.5, 0.6) is 0 Å². The van der Waals surface area contributed by atoms with Gasteiger partial charge in [0.05, 0.1) is 34.7 Å². The standard InChI is InChI=1S/C20H21F3N6O2/c1-18(2)7-11-10(16(30)31-18)5-6-13(26-11)27-14-9-29-12(8-25-14)15(20(21,22)23)28-17(29)19(3,4)24/h5-6,8-9H,7,24H2,1-4H3,(H,26,27). The fourth-order valence-electron chi connectivity index (χ4n) is 3.48. The summed E-state index contributed by atoms with van der Waals surface area (Å²) in [4.78, 5) is 24.4. The Bertz CT molecular complexity index is 1190. The summed E-state index contributed by atoms with van der Waals surface area (Å²) < 4.78 is 46.9. The number of ether oxygens (including phenoxy) is 1. The van der Waals surface area contributed by atoms with E-state index in [0.29, 0.717) is 23.5 Å². The van der Waals surface area contributed by atoms with Crippen LogP contribution in [0.25, 0.3) is 5.52 Å². The summed E-state index contributed by atoms with van der Waals surface area (Å²) in [7, 11) is 0. The van der Waals surface area contributed by atoms with E-state index in [1.165, 1.54) is 10.6 Å². The number of carbonyl (C=O) groups excluding carboxylic acids is 1. The van der Waals surface area contributed by atoms with Gasteiger partial charge in [-0.05, 0) is 39.8 Å². The molecule has 0 aromatic carbocycles. The normalized spacial score (nSPS) is 16.2. The Morgan fingerprint density at radius 1 is 1.19 bits per heavy atom. The lowest BCUT2D eigenvalue weighted by Crippen LogP contribution is -2.36. The number of halogens is 3. The molecule has 3 aromatic rings. The zero-order valence-electron chi connectivity index (χ0n) is 17.3. The van der Waals surface area contributed by atoms with Crippen molar-refractivity contribution in [1.29, 1.82) is 0 Å². The molecule has 0 spiro atoms. The van der Waals surface area contributed by atoms with Crippen molar-refractivity contribution in [3.8, 4) is 0 Å². The lowest BCUT2D eigenvalue weighted by atomic mass is 9.95. The lowest BCUT2D eigenvalue weighted by molar-refractivity contribution is -0.139. The number of rotatable bonds is 3. The SMILES string of the molecule is CC1(C)Cc2nc(Nc3cn4c(C(C)(C)N)nc(C(F)(F)F)c4cn3)ccc2C(=O)O1. The molecule has 0 saturated heterocycles. The number of carbonyl (C=O) groups is 1. The maximum Gasteiger partial charge on any atom is 0.435 e. The van der Waals surface area contributed by atoms with Crippen molar-refractivity contribution in [2.75, 3.05) is 5.32 Å². The summed E-state index contributed by atoms with van der Waals surface area (Å²) in [5.74, 6) is 0.232. The van der Waals surface area contributed by atoms with E-state index in [4.69, 9.17) is 10.5 Å². The van der Waals surface area contributed by atoms with Crippen molar-refractivity contribution < 1.29 is 22.7 Å². The highest BCUT2D eigenvalue weighted by molar-refractivity contribution is 5.92. The van der Waals surface area contributed by atoms with Gasteiger partial charge in [-0.15, -0.1) is 0 Å². The number of aromatic nitrogens is 4. The number of fused-ring (bicyclic) bond motifs is 2. The van der Waals surface area contributed by atoms with Gasteiger partial charge in [-0.3, -0.25) is 4.40 Å². The monoisotopic (exact) mass is 434 g/mol. The van der Waals surface area contributed by atoms with E-state index in [1.807, 2.05) is 0 Å². The van der Waals surface area contributed by atoms with E-state index in [0.717, 1.165) is 6.20 Å². The Morgan fingerprint density at radius 2 is 1.90 bits per heavy atom. The quantitative estimate of drug-likeness (QED) is 0.607. The maximum atomic E-state index is 13.4. The lowest BCUT2D eigenvalue weighted by Gasteiger charge is -2.30. The maximum absolute atomic E-state index is 13.4. The molecule has 31 heavy (non-hydrogen) atoms. The van der Waals surface area contributed by atoms with Gasteiger partial charge in [-0.25, -0.2) is 19.7 Å². The van der Waals surface area contributed by atoms with Crippen molar-refractivity contribution in [3.63, 3.8) is 0 Å². The largest absolute Gasteiger partial charge is 0.456 e. The number of nitrogens with zero attached hydrogens (tertiary/aromatic N) is 4. The number of anilines is 2. The Balaban J connectivity index is 1.74. The Labute approximate surface area is 175 Å². The third kappa shape index (κ3) is 3.92. The minimum atomic E-state index is -4.65. The zero-order valence-corrected chi connectivity index (χ0v) is 17.3. The average molecular weight is 434 g/mol. The van der Waals surface area contributed by atoms with E-state index >= 15 is 0 Å². The summed E-state index contributed by atoms with van der Waals surface area (Å²) in [5, 5.41) is 2.97. The number of alkyl halides is 3.